The summed E-state index contributed by atoms with van der Waals surface area (Å²) in [5.74, 6) is 0.257. The molecule has 0 heterocycles. The van der Waals surface area contributed by atoms with Gasteiger partial charge in [-0.05, 0) is 36.5 Å². The second-order valence-corrected chi connectivity index (χ2v) is 6.81. The molecule has 0 fully saturated rings. The molecular weight excluding hydrogens is 260 g/mol. The average molecular weight is 284 g/mol. The van der Waals surface area contributed by atoms with Crippen LogP contribution in [0.3, 0.4) is 0 Å². The van der Waals surface area contributed by atoms with Gasteiger partial charge in [-0.2, -0.15) is 0 Å². The summed E-state index contributed by atoms with van der Waals surface area (Å²) < 4.78 is 27.3. The van der Waals surface area contributed by atoms with Gasteiger partial charge in [0.2, 0.25) is 10.0 Å². The van der Waals surface area contributed by atoms with Gasteiger partial charge in [-0.25, -0.2) is 13.1 Å². The smallest absolute Gasteiger partial charge is 0.240 e. The molecule has 0 saturated carbocycles. The lowest BCUT2D eigenvalue weighted by Crippen LogP contribution is -2.38. The van der Waals surface area contributed by atoms with Crippen molar-refractivity contribution in [2.75, 3.05) is 5.73 Å². The number of hydrogen-bond donors (Lipinski definition) is 2. The Labute approximate surface area is 116 Å². The number of rotatable bonds is 6. The number of anilines is 1. The Morgan fingerprint density at radius 2 is 1.89 bits per heavy atom. The number of aryl methyl sites for hydroxylation is 1. The van der Waals surface area contributed by atoms with E-state index >= 15 is 0 Å². The number of nitrogen functional groups attached to an aromatic ring is 1. The highest BCUT2D eigenvalue weighted by Crippen LogP contribution is 2.19. The van der Waals surface area contributed by atoms with Gasteiger partial charge >= 0.3 is 0 Å². The van der Waals surface area contributed by atoms with Gasteiger partial charge in [0.15, 0.2) is 0 Å². The van der Waals surface area contributed by atoms with Crippen molar-refractivity contribution in [2.24, 2.45) is 5.92 Å². The van der Waals surface area contributed by atoms with E-state index in [2.05, 4.69) is 4.72 Å². The molecule has 0 amide bonds. The van der Waals surface area contributed by atoms with E-state index < -0.39 is 10.0 Å². The van der Waals surface area contributed by atoms with Crippen LogP contribution in [0.25, 0.3) is 0 Å². The Morgan fingerprint density at radius 1 is 1.26 bits per heavy atom. The third-order valence-corrected chi connectivity index (χ3v) is 4.85. The second-order valence-electron chi connectivity index (χ2n) is 5.09. The molecule has 108 valence electrons. The van der Waals surface area contributed by atoms with Crippen molar-refractivity contribution in [2.45, 2.75) is 51.5 Å². The third kappa shape index (κ3) is 3.94. The molecule has 0 aliphatic rings. The van der Waals surface area contributed by atoms with Gasteiger partial charge in [0.1, 0.15) is 0 Å². The Morgan fingerprint density at radius 3 is 2.32 bits per heavy atom. The van der Waals surface area contributed by atoms with E-state index in [0.29, 0.717) is 5.69 Å². The Kier molecular flexibility index (Phi) is 5.38. The fourth-order valence-electron chi connectivity index (χ4n) is 2.02. The van der Waals surface area contributed by atoms with Gasteiger partial charge in [-0.3, -0.25) is 0 Å². The van der Waals surface area contributed by atoms with Crippen LogP contribution in [0.1, 0.15) is 39.7 Å². The molecule has 0 aromatic heterocycles. The zero-order chi connectivity index (χ0) is 14.6. The topological polar surface area (TPSA) is 72.2 Å². The minimum Gasteiger partial charge on any atom is -0.398 e. The van der Waals surface area contributed by atoms with Crippen LogP contribution >= 0.6 is 0 Å². The average Bonchev–Trinajstić information content (AvgIpc) is 2.35. The first-order valence-corrected chi connectivity index (χ1v) is 8.20. The highest BCUT2D eigenvalue weighted by molar-refractivity contribution is 7.89. The number of benzene rings is 1. The predicted molar refractivity (Wildman–Crippen MR) is 79.5 cm³/mol. The molecule has 4 nitrogen and oxygen atoms in total. The van der Waals surface area contributed by atoms with Gasteiger partial charge in [0, 0.05) is 11.7 Å². The zero-order valence-electron chi connectivity index (χ0n) is 12.1. The van der Waals surface area contributed by atoms with Gasteiger partial charge in [-0.15, -0.1) is 0 Å². The monoisotopic (exact) mass is 284 g/mol. The number of nitrogens with two attached hydrogens (primary N) is 1. The molecule has 1 atom stereocenters. The number of nitrogens with one attached hydrogen (secondary N) is 1. The van der Waals surface area contributed by atoms with Crippen LogP contribution < -0.4 is 10.5 Å². The fraction of sp³-hybridized carbons (Fsp3) is 0.571. The summed E-state index contributed by atoms with van der Waals surface area (Å²) in [7, 11) is -3.49. The van der Waals surface area contributed by atoms with Crippen LogP contribution in [-0.4, -0.2) is 14.5 Å². The van der Waals surface area contributed by atoms with Crippen molar-refractivity contribution in [3.8, 4) is 0 Å². The van der Waals surface area contributed by atoms with Crippen molar-refractivity contribution in [3.05, 3.63) is 23.8 Å². The zero-order valence-corrected chi connectivity index (χ0v) is 12.9. The van der Waals surface area contributed by atoms with E-state index in [1.807, 2.05) is 27.7 Å². The van der Waals surface area contributed by atoms with E-state index in [4.69, 9.17) is 5.73 Å². The lowest BCUT2D eigenvalue weighted by atomic mass is 10.0. The summed E-state index contributed by atoms with van der Waals surface area (Å²) in [4.78, 5) is 0.237. The first kappa shape index (κ1) is 16.0. The molecule has 1 aromatic carbocycles. The van der Waals surface area contributed by atoms with Crippen LogP contribution in [0.5, 0.6) is 0 Å². The molecule has 0 aliphatic heterocycles. The Bertz CT molecular complexity index is 524. The Balaban J connectivity index is 3.03. The lowest BCUT2D eigenvalue weighted by Gasteiger charge is -2.20. The van der Waals surface area contributed by atoms with Gasteiger partial charge in [-0.1, -0.05) is 33.8 Å². The molecule has 19 heavy (non-hydrogen) atoms. The Hall–Kier alpha value is -1.07. The van der Waals surface area contributed by atoms with Crippen LogP contribution in [0.2, 0.25) is 0 Å². The molecule has 1 rings (SSSR count). The van der Waals surface area contributed by atoms with Crippen LogP contribution in [0.15, 0.2) is 23.1 Å². The van der Waals surface area contributed by atoms with Crippen LogP contribution in [-0.2, 0) is 16.4 Å². The summed E-state index contributed by atoms with van der Waals surface area (Å²) in [5, 5.41) is 0. The molecular formula is C14H24N2O2S. The largest absolute Gasteiger partial charge is 0.398 e. The van der Waals surface area contributed by atoms with E-state index in [0.717, 1.165) is 18.4 Å². The molecule has 1 unspecified atom stereocenters. The molecule has 0 radical (unpaired) electrons. The second kappa shape index (κ2) is 6.39. The molecule has 0 spiro atoms. The van der Waals surface area contributed by atoms with Crippen molar-refractivity contribution < 1.29 is 8.42 Å². The quantitative estimate of drug-likeness (QED) is 0.789. The number of sulfonamides is 1. The molecule has 0 saturated heterocycles. The minimum atomic E-state index is -3.49. The first-order valence-electron chi connectivity index (χ1n) is 6.72. The summed E-state index contributed by atoms with van der Waals surface area (Å²) in [6.07, 6.45) is 1.56. The third-order valence-electron chi connectivity index (χ3n) is 3.36. The van der Waals surface area contributed by atoms with E-state index in [1.165, 1.54) is 6.07 Å². The van der Waals surface area contributed by atoms with Crippen LogP contribution in [0, 0.1) is 5.92 Å². The predicted octanol–water partition coefficient (Wildman–Crippen LogP) is 2.54. The molecule has 3 N–H and O–H groups in total. The summed E-state index contributed by atoms with van der Waals surface area (Å²) in [6.45, 7) is 7.97. The lowest BCUT2D eigenvalue weighted by molar-refractivity contribution is 0.437. The number of hydrogen-bond acceptors (Lipinski definition) is 3. The van der Waals surface area contributed by atoms with Crippen molar-refractivity contribution in [1.82, 2.24) is 4.72 Å². The van der Waals surface area contributed by atoms with E-state index in [9.17, 15) is 8.42 Å². The van der Waals surface area contributed by atoms with Gasteiger partial charge < -0.3 is 5.73 Å². The fourth-order valence-corrected chi connectivity index (χ4v) is 3.52. The molecule has 0 bridgehead atoms. The maximum Gasteiger partial charge on any atom is 0.240 e. The maximum atomic E-state index is 12.3. The SMILES string of the molecule is CCc1ccc(S(=O)(=O)NC(CC)C(C)C)cc1N. The molecule has 0 aliphatic carbocycles. The van der Waals surface area contributed by atoms with E-state index in [-0.39, 0.29) is 16.9 Å². The van der Waals surface area contributed by atoms with E-state index in [1.54, 1.807) is 12.1 Å². The van der Waals surface area contributed by atoms with Crippen LogP contribution in [0.4, 0.5) is 5.69 Å². The highest BCUT2D eigenvalue weighted by Gasteiger charge is 2.21. The standard InChI is InChI=1S/C14H24N2O2S/c1-5-11-7-8-12(9-13(11)15)19(17,18)16-14(6-2)10(3)4/h7-10,14,16H,5-6,15H2,1-4H3. The molecule has 1 aromatic rings. The van der Waals surface area contributed by atoms with Crippen molar-refractivity contribution in [3.63, 3.8) is 0 Å². The molecule has 5 heteroatoms. The summed E-state index contributed by atoms with van der Waals surface area (Å²) in [5.41, 5.74) is 7.36. The maximum absolute atomic E-state index is 12.3. The van der Waals surface area contributed by atoms with Crippen molar-refractivity contribution in [1.29, 1.82) is 0 Å². The minimum absolute atomic E-state index is 0.0583. The first-order chi connectivity index (χ1) is 8.81. The normalized spacial score (nSPS) is 13.7. The summed E-state index contributed by atoms with van der Waals surface area (Å²) >= 11 is 0. The van der Waals surface area contributed by atoms with Gasteiger partial charge in [0.25, 0.3) is 0 Å². The van der Waals surface area contributed by atoms with Gasteiger partial charge in [0.05, 0.1) is 4.90 Å². The highest BCUT2D eigenvalue weighted by atomic mass is 32.2. The summed E-state index contributed by atoms with van der Waals surface area (Å²) in [6, 6.07) is 4.87. The van der Waals surface area contributed by atoms with Crippen molar-refractivity contribution >= 4 is 15.7 Å².